The maximum Gasteiger partial charge on any atom is 0.410 e. The van der Waals surface area contributed by atoms with Crippen molar-refractivity contribution in [3.63, 3.8) is 0 Å². The first kappa shape index (κ1) is 22.4. The van der Waals surface area contributed by atoms with Crippen LogP contribution in [0.1, 0.15) is 77.1 Å². The second kappa shape index (κ2) is 7.78. The summed E-state index contributed by atoms with van der Waals surface area (Å²) in [5.74, 6) is 0. The van der Waals surface area contributed by atoms with E-state index in [1.165, 1.54) is 16.7 Å². The van der Waals surface area contributed by atoms with Gasteiger partial charge in [-0.15, -0.1) is 4.72 Å². The van der Waals surface area contributed by atoms with Gasteiger partial charge in [0.2, 0.25) is 0 Å². The molecule has 1 fully saturated rings. The predicted molar refractivity (Wildman–Crippen MR) is 118 cm³/mol. The number of carbonyl (C=O) groups is 1. The van der Waals surface area contributed by atoms with Crippen molar-refractivity contribution in [1.82, 2.24) is 9.62 Å². The van der Waals surface area contributed by atoms with Crippen molar-refractivity contribution < 1.29 is 14.1 Å². The number of hydrogen-bond donors (Lipinski definition) is 1. The lowest BCUT2D eigenvalue weighted by molar-refractivity contribution is 0.00716. The molecule has 1 aliphatic carbocycles. The Morgan fingerprint density at radius 1 is 1.21 bits per heavy atom. The van der Waals surface area contributed by atoms with E-state index in [0.29, 0.717) is 13.1 Å². The molecule has 1 aliphatic heterocycles. The zero-order valence-corrected chi connectivity index (χ0v) is 19.7. The molecule has 0 bridgehead atoms. The average molecular weight is 421 g/mol. The Morgan fingerprint density at radius 2 is 1.83 bits per heavy atom. The summed E-state index contributed by atoms with van der Waals surface area (Å²) in [4.78, 5) is 14.3. The van der Waals surface area contributed by atoms with Crippen molar-refractivity contribution in [2.24, 2.45) is 5.41 Å². The Balaban J connectivity index is 1.81. The van der Waals surface area contributed by atoms with Crippen LogP contribution >= 0.6 is 0 Å². The third kappa shape index (κ3) is 4.92. The Hall–Kier alpha value is -1.24. The van der Waals surface area contributed by atoms with Gasteiger partial charge in [0.1, 0.15) is 10.3 Å². The predicted octanol–water partition coefficient (Wildman–Crippen LogP) is 4.66. The number of hydrogen-bond acceptors (Lipinski definition) is 4. The Kier molecular flexibility index (Phi) is 6.03. The van der Waals surface area contributed by atoms with E-state index in [1.807, 2.05) is 46.4 Å². The lowest BCUT2D eigenvalue weighted by atomic mass is 9.73. The minimum Gasteiger partial charge on any atom is -0.598 e. The molecule has 1 aromatic carbocycles. The third-order valence-electron chi connectivity index (χ3n) is 5.96. The SMILES string of the molecule is Cc1ccc2c(c1)CC1(CCN(C(=O)OC(C)(C)C)CC1)[C@H]2N[S+]([O-])C(C)(C)C. The highest BCUT2D eigenvalue weighted by molar-refractivity contribution is 7.90. The summed E-state index contributed by atoms with van der Waals surface area (Å²) in [7, 11) is 0. The van der Waals surface area contributed by atoms with Gasteiger partial charge in [0, 0.05) is 29.9 Å². The molecule has 5 nitrogen and oxygen atoms in total. The molecular formula is C23H36N2O3S. The highest BCUT2D eigenvalue weighted by atomic mass is 32.2. The van der Waals surface area contributed by atoms with E-state index in [4.69, 9.17) is 4.74 Å². The topological polar surface area (TPSA) is 64.6 Å². The van der Waals surface area contributed by atoms with Crippen LogP contribution in [0.15, 0.2) is 18.2 Å². The number of nitrogens with one attached hydrogen (secondary N) is 1. The number of ether oxygens (including phenoxy) is 1. The number of rotatable bonds is 2. The molecule has 1 amide bonds. The molecule has 1 heterocycles. The molecular weight excluding hydrogens is 384 g/mol. The van der Waals surface area contributed by atoms with E-state index in [-0.39, 0.29) is 22.3 Å². The lowest BCUT2D eigenvalue weighted by Gasteiger charge is -2.43. The Morgan fingerprint density at radius 3 is 2.38 bits per heavy atom. The van der Waals surface area contributed by atoms with E-state index < -0.39 is 17.0 Å². The fraction of sp³-hybridized carbons (Fsp3) is 0.696. The van der Waals surface area contributed by atoms with Crippen molar-refractivity contribution in [2.45, 2.75) is 84.1 Å². The van der Waals surface area contributed by atoms with Crippen LogP contribution in [0.5, 0.6) is 0 Å². The molecule has 0 radical (unpaired) electrons. The molecule has 1 saturated heterocycles. The molecule has 1 aromatic rings. The summed E-state index contributed by atoms with van der Waals surface area (Å²) in [5.41, 5.74) is 3.36. The zero-order chi connectivity index (χ0) is 21.6. The Bertz CT molecular complexity index is 758. The van der Waals surface area contributed by atoms with Crippen molar-refractivity contribution >= 4 is 17.5 Å². The van der Waals surface area contributed by atoms with Crippen LogP contribution in [-0.4, -0.2) is 39.0 Å². The first-order chi connectivity index (χ1) is 13.3. The van der Waals surface area contributed by atoms with Crippen LogP contribution < -0.4 is 4.72 Å². The van der Waals surface area contributed by atoms with E-state index >= 15 is 0 Å². The zero-order valence-electron chi connectivity index (χ0n) is 18.9. The van der Waals surface area contributed by atoms with Gasteiger partial charge >= 0.3 is 6.09 Å². The summed E-state index contributed by atoms with van der Waals surface area (Å²) in [6.45, 7) is 15.1. The standard InChI is InChI=1S/C23H36N2O3S/c1-16-8-9-18-17(14-16)15-23(19(18)24-29(27)22(5,6)7)10-12-25(13-11-23)20(26)28-21(2,3)4/h8-9,14,19,24H,10-13,15H2,1-7H3/t19-,29?/m0/s1. The summed E-state index contributed by atoms with van der Waals surface area (Å²) in [5, 5.41) is 0. The fourth-order valence-corrected chi connectivity index (χ4v) is 5.32. The number of benzene rings is 1. The monoisotopic (exact) mass is 420 g/mol. The number of fused-ring (bicyclic) bond motifs is 1. The smallest absolute Gasteiger partial charge is 0.410 e. The van der Waals surface area contributed by atoms with E-state index in [0.717, 1.165) is 19.3 Å². The summed E-state index contributed by atoms with van der Waals surface area (Å²) < 4.78 is 21.7. The molecule has 0 aromatic heterocycles. The second-order valence-electron chi connectivity index (χ2n) is 10.6. The first-order valence-corrected chi connectivity index (χ1v) is 11.7. The first-order valence-electron chi connectivity index (χ1n) is 10.6. The Labute approximate surface area is 178 Å². The van der Waals surface area contributed by atoms with Crippen molar-refractivity contribution in [3.05, 3.63) is 34.9 Å². The average Bonchev–Trinajstić information content (AvgIpc) is 2.85. The minimum absolute atomic E-state index is 0.0183. The second-order valence-corrected chi connectivity index (χ2v) is 12.6. The number of piperidine rings is 1. The van der Waals surface area contributed by atoms with Gasteiger partial charge in [0.05, 0.1) is 6.04 Å². The van der Waals surface area contributed by atoms with Gasteiger partial charge in [-0.05, 0) is 78.9 Å². The van der Waals surface area contributed by atoms with Crippen molar-refractivity contribution in [3.8, 4) is 0 Å². The molecule has 2 aliphatic rings. The maximum atomic E-state index is 13.0. The number of amides is 1. The van der Waals surface area contributed by atoms with Crippen LogP contribution in [0.25, 0.3) is 0 Å². The fourth-order valence-electron chi connectivity index (χ4n) is 4.38. The normalized spacial score (nSPS) is 22.5. The summed E-state index contributed by atoms with van der Waals surface area (Å²) in [6.07, 6.45) is 2.48. The van der Waals surface area contributed by atoms with Crippen LogP contribution in [0, 0.1) is 12.3 Å². The van der Waals surface area contributed by atoms with Gasteiger partial charge in [0.25, 0.3) is 0 Å². The third-order valence-corrected chi connectivity index (χ3v) is 7.52. The van der Waals surface area contributed by atoms with Crippen molar-refractivity contribution in [1.29, 1.82) is 0 Å². The highest BCUT2D eigenvalue weighted by Gasteiger charge is 2.51. The summed E-state index contributed by atoms with van der Waals surface area (Å²) >= 11 is -1.15. The number of nitrogens with zero attached hydrogens (tertiary/aromatic N) is 1. The van der Waals surface area contributed by atoms with Gasteiger partial charge in [-0.25, -0.2) is 4.79 Å². The summed E-state index contributed by atoms with van der Waals surface area (Å²) in [6, 6.07) is 6.64. The minimum atomic E-state index is -1.15. The quantitative estimate of drug-likeness (QED) is 0.707. The number of likely N-dealkylation sites (tertiary alicyclic amines) is 1. The lowest BCUT2D eigenvalue weighted by Crippen LogP contribution is -2.51. The number of carbonyl (C=O) groups excluding carboxylic acids is 1. The molecule has 6 heteroatoms. The molecule has 29 heavy (non-hydrogen) atoms. The van der Waals surface area contributed by atoms with Gasteiger partial charge in [-0.3, -0.25) is 0 Å². The molecule has 1 N–H and O–H groups in total. The van der Waals surface area contributed by atoms with Crippen molar-refractivity contribution in [2.75, 3.05) is 13.1 Å². The van der Waals surface area contributed by atoms with E-state index in [2.05, 4.69) is 29.8 Å². The highest BCUT2D eigenvalue weighted by Crippen LogP contribution is 2.52. The molecule has 2 atom stereocenters. The van der Waals surface area contributed by atoms with Crippen LogP contribution in [0.3, 0.4) is 0 Å². The van der Waals surface area contributed by atoms with Crippen LogP contribution in [-0.2, 0) is 22.5 Å². The number of aryl methyl sites for hydroxylation is 1. The maximum absolute atomic E-state index is 13.0. The van der Waals surface area contributed by atoms with Gasteiger partial charge in [-0.1, -0.05) is 23.8 Å². The van der Waals surface area contributed by atoms with Gasteiger partial charge in [-0.2, -0.15) is 0 Å². The van der Waals surface area contributed by atoms with Crippen LogP contribution in [0.4, 0.5) is 4.79 Å². The van der Waals surface area contributed by atoms with E-state index in [1.54, 1.807) is 0 Å². The molecule has 1 unspecified atom stereocenters. The molecule has 1 spiro atoms. The van der Waals surface area contributed by atoms with Crippen LogP contribution in [0.2, 0.25) is 0 Å². The molecule has 3 rings (SSSR count). The molecule has 0 saturated carbocycles. The van der Waals surface area contributed by atoms with Gasteiger partial charge in [0.15, 0.2) is 0 Å². The largest absolute Gasteiger partial charge is 0.598 e. The van der Waals surface area contributed by atoms with Gasteiger partial charge < -0.3 is 14.2 Å². The van der Waals surface area contributed by atoms with E-state index in [9.17, 15) is 9.35 Å². The molecule has 162 valence electrons.